The van der Waals surface area contributed by atoms with E-state index in [1.165, 1.54) is 77.9 Å². The van der Waals surface area contributed by atoms with Crippen molar-refractivity contribution in [2.45, 2.75) is 175 Å². The molecular formula is C83H86BN3O2. The third-order valence-electron chi connectivity index (χ3n) is 21.1. The molecule has 6 heteroatoms. The van der Waals surface area contributed by atoms with Crippen molar-refractivity contribution in [1.29, 1.82) is 0 Å². The maximum Gasteiger partial charge on any atom is 0.376 e. The summed E-state index contributed by atoms with van der Waals surface area (Å²) in [6.07, 6.45) is 2.23. The van der Waals surface area contributed by atoms with E-state index < -0.39 is 0 Å². The first-order valence-corrected chi connectivity index (χ1v) is 32.6. The molecule has 9 aromatic carbocycles. The number of hydrogen-bond donors (Lipinski definition) is 0. The number of furan rings is 2. The smallest absolute Gasteiger partial charge is 0.376 e. The maximum atomic E-state index is 7.83. The van der Waals surface area contributed by atoms with Gasteiger partial charge in [0.15, 0.2) is 5.58 Å². The molecule has 11 aromatic rings. The first-order chi connectivity index (χ1) is 41.9. The van der Waals surface area contributed by atoms with Crippen LogP contribution < -0.4 is 25.7 Å². The van der Waals surface area contributed by atoms with Crippen LogP contribution in [0.15, 0.2) is 179 Å². The number of rotatable bonds is 5. The van der Waals surface area contributed by atoms with Crippen LogP contribution in [0.4, 0.5) is 45.5 Å². The predicted octanol–water partition coefficient (Wildman–Crippen LogP) is 22.4. The van der Waals surface area contributed by atoms with E-state index in [1.54, 1.807) is 0 Å². The number of hydrogen-bond acceptors (Lipinski definition) is 5. The van der Waals surface area contributed by atoms with Gasteiger partial charge in [0.05, 0.1) is 11.4 Å². The van der Waals surface area contributed by atoms with Crippen LogP contribution in [0, 0.1) is 0 Å². The minimum atomic E-state index is -0.379. The summed E-state index contributed by atoms with van der Waals surface area (Å²) in [5.41, 5.74) is 28.8. The van der Waals surface area contributed by atoms with E-state index in [1.807, 2.05) is 0 Å². The number of para-hydroxylation sites is 1. The topological polar surface area (TPSA) is 36.0 Å². The molecule has 0 unspecified atom stereocenters. The van der Waals surface area contributed by atoms with Crippen LogP contribution >= 0.6 is 0 Å². The van der Waals surface area contributed by atoms with Gasteiger partial charge in [0.25, 0.3) is 0 Å². The van der Waals surface area contributed by atoms with Crippen LogP contribution in [0.25, 0.3) is 55.2 Å². The second-order valence-corrected chi connectivity index (χ2v) is 32.5. The average Bonchev–Trinajstić information content (AvgIpc) is 1.63. The van der Waals surface area contributed by atoms with Gasteiger partial charge in [-0.2, -0.15) is 0 Å². The Hall–Kier alpha value is -8.22. The van der Waals surface area contributed by atoms with E-state index >= 15 is 0 Å². The Morgan fingerprint density at radius 3 is 1.47 bits per heavy atom. The number of fused-ring (bicyclic) bond motifs is 14. The zero-order valence-electron chi connectivity index (χ0n) is 55.8. The summed E-state index contributed by atoms with van der Waals surface area (Å²) in [6, 6.07) is 65.7. The summed E-state index contributed by atoms with van der Waals surface area (Å²) >= 11 is 0. The Kier molecular flexibility index (Phi) is 12.2. The van der Waals surface area contributed by atoms with Gasteiger partial charge in [0.1, 0.15) is 16.8 Å². The Bertz CT molecular complexity index is 4660. The summed E-state index contributed by atoms with van der Waals surface area (Å²) in [4.78, 5) is 7.64. The summed E-state index contributed by atoms with van der Waals surface area (Å²) in [6.45, 7) is 41.8. The van der Waals surface area contributed by atoms with Crippen molar-refractivity contribution in [2.75, 3.05) is 14.6 Å². The summed E-state index contributed by atoms with van der Waals surface area (Å²) < 4.78 is 15.2. The lowest BCUT2D eigenvalue weighted by atomic mass is 9.45. The van der Waals surface area contributed by atoms with E-state index in [0.717, 1.165) is 91.2 Å². The predicted molar refractivity (Wildman–Crippen MR) is 380 cm³/mol. The molecule has 0 bridgehead atoms. The highest BCUT2D eigenvalue weighted by molar-refractivity contribution is 6.93. The van der Waals surface area contributed by atoms with Gasteiger partial charge in [0, 0.05) is 61.3 Å². The molecule has 0 saturated heterocycles. The van der Waals surface area contributed by atoms with Crippen LogP contribution in [-0.2, 0) is 37.9 Å². The van der Waals surface area contributed by atoms with Gasteiger partial charge < -0.3 is 23.4 Å². The van der Waals surface area contributed by atoms with E-state index in [9.17, 15) is 0 Å². The fourth-order valence-electron chi connectivity index (χ4n) is 15.5. The van der Waals surface area contributed by atoms with Crippen molar-refractivity contribution in [3.8, 4) is 22.3 Å². The first kappa shape index (κ1) is 57.2. The van der Waals surface area contributed by atoms with Crippen molar-refractivity contribution in [3.05, 3.63) is 214 Å². The van der Waals surface area contributed by atoms with Gasteiger partial charge in [0.2, 0.25) is 0 Å². The average molecular weight is 1170 g/mol. The molecule has 0 fully saturated rings. The maximum absolute atomic E-state index is 7.83. The van der Waals surface area contributed by atoms with Gasteiger partial charge >= 0.3 is 6.85 Å². The van der Waals surface area contributed by atoms with Gasteiger partial charge in [-0.1, -0.05) is 197 Å². The van der Waals surface area contributed by atoms with Gasteiger partial charge in [-0.15, -0.1) is 0 Å². The first-order valence-electron chi connectivity index (χ1n) is 32.6. The van der Waals surface area contributed by atoms with Crippen molar-refractivity contribution in [1.82, 2.24) is 0 Å². The van der Waals surface area contributed by atoms with Gasteiger partial charge in [-0.3, -0.25) is 0 Å². The molecule has 4 aliphatic rings. The molecule has 0 amide bonds. The molecule has 0 saturated carbocycles. The van der Waals surface area contributed by atoms with E-state index in [-0.39, 0.29) is 44.8 Å². The molecule has 2 aliphatic carbocycles. The molecule has 2 aliphatic heterocycles. The van der Waals surface area contributed by atoms with Gasteiger partial charge in [-0.25, -0.2) is 0 Å². The minimum absolute atomic E-state index is 0.0186. The third-order valence-corrected chi connectivity index (χ3v) is 21.1. The van der Waals surface area contributed by atoms with Crippen molar-refractivity contribution >= 4 is 96.4 Å². The Morgan fingerprint density at radius 1 is 0.404 bits per heavy atom. The third kappa shape index (κ3) is 8.76. The van der Waals surface area contributed by atoms with Crippen molar-refractivity contribution < 1.29 is 8.83 Å². The molecule has 0 atom stereocenters. The van der Waals surface area contributed by atoms with E-state index in [4.69, 9.17) is 8.83 Å². The highest BCUT2D eigenvalue weighted by Crippen LogP contribution is 2.59. The SMILES string of the molecule is CC(C)(C)c1ccc(N2B3c4oc5cc6c(cc5c4N(c4ccc(C(C)(C)C)cc4)c4c3c(cc3c4oc4ccccc43)-c3cc4c(cc32)C(C)(C)c2cc(N(c3ccc(C(C)(C)C)cc3)c3ccc(C(C)(C)C)cc3)ccc2-4)C(C)(C)CCC6(C)C)cc1. The molecule has 5 nitrogen and oxygen atoms in total. The lowest BCUT2D eigenvalue weighted by Gasteiger charge is -2.44. The highest BCUT2D eigenvalue weighted by Gasteiger charge is 2.52. The molecule has 15 rings (SSSR count). The van der Waals surface area contributed by atoms with Crippen LogP contribution in [0.2, 0.25) is 0 Å². The van der Waals surface area contributed by atoms with Crippen LogP contribution in [0.3, 0.4) is 0 Å². The monoisotopic (exact) mass is 1170 g/mol. The molecular weight excluding hydrogens is 1080 g/mol. The van der Waals surface area contributed by atoms with Crippen molar-refractivity contribution in [3.63, 3.8) is 0 Å². The van der Waals surface area contributed by atoms with Crippen LogP contribution in [0.1, 0.15) is 182 Å². The summed E-state index contributed by atoms with van der Waals surface area (Å²) in [7, 11) is 0. The Morgan fingerprint density at radius 2 is 0.910 bits per heavy atom. The standard InChI is InChI=1S/C83H86BN3O2/c1-77(2,3)49-23-31-53(32-24-49)85(54-33-25-50(26-34-54)78(4,5)6)57-39-40-58-60-44-61-62-45-63-59-21-19-20-22-70(59)88-75(63)74-72(62)84(87(56-37-29-52(30-38-56)80(10,11)12)69(61)47-66(60)83(17,18)65(58)43-57)76-73(86(74)55-35-27-51(28-36-55)79(7,8)9)64-46-67-68(48-71(64)89-76)82(15,16)42-41-81(67,13)14/h19-40,43-48H,41-42H2,1-18H3. The molecule has 4 heterocycles. The molecule has 448 valence electrons. The lowest BCUT2D eigenvalue weighted by Crippen LogP contribution is -2.61. The number of benzene rings is 9. The molecule has 0 N–H and O–H groups in total. The quantitative estimate of drug-likeness (QED) is 0.161. The number of nitrogens with zero attached hydrogens (tertiary/aromatic N) is 3. The zero-order valence-corrected chi connectivity index (χ0v) is 55.8. The highest BCUT2D eigenvalue weighted by atomic mass is 16.3. The lowest BCUT2D eigenvalue weighted by molar-refractivity contribution is 0.332. The van der Waals surface area contributed by atoms with Gasteiger partial charge in [-0.05, 0) is 209 Å². The van der Waals surface area contributed by atoms with E-state index in [2.05, 4.69) is 309 Å². The summed E-state index contributed by atoms with van der Waals surface area (Å²) in [5, 5.41) is 3.34. The molecule has 0 spiro atoms. The minimum Gasteiger partial charge on any atom is -0.466 e. The Balaban J connectivity index is 1.02. The fraction of sp³-hybridized carbons (Fsp3) is 0.325. The second-order valence-electron chi connectivity index (χ2n) is 32.5. The zero-order chi connectivity index (χ0) is 62.6. The Labute approximate surface area is 528 Å². The molecule has 0 radical (unpaired) electrons. The molecule has 89 heavy (non-hydrogen) atoms. The van der Waals surface area contributed by atoms with Crippen LogP contribution in [0.5, 0.6) is 0 Å². The molecule has 2 aromatic heterocycles. The summed E-state index contributed by atoms with van der Waals surface area (Å²) in [5.74, 6) is 0. The number of anilines is 8. The second kappa shape index (κ2) is 18.9. The normalized spacial score (nSPS) is 16.3. The fourth-order valence-corrected chi connectivity index (χ4v) is 15.5. The van der Waals surface area contributed by atoms with E-state index in [0.29, 0.717) is 0 Å². The largest absolute Gasteiger partial charge is 0.466 e. The van der Waals surface area contributed by atoms with Crippen molar-refractivity contribution in [2.24, 2.45) is 0 Å². The van der Waals surface area contributed by atoms with Crippen LogP contribution in [-0.4, -0.2) is 6.85 Å².